The molecular weight excluding hydrogens is 511 g/mol. The average Bonchev–Trinajstić information content (AvgIpc) is 3.11. The summed E-state index contributed by atoms with van der Waals surface area (Å²) in [5.74, 6) is 0.759. The van der Waals surface area contributed by atoms with Gasteiger partial charge in [-0.05, 0) is 54.7 Å². The van der Waals surface area contributed by atoms with E-state index in [1.807, 2.05) is 12.1 Å². The Hall–Kier alpha value is -2.07. The Morgan fingerprint density at radius 2 is 1.70 bits per heavy atom. The Bertz CT molecular complexity index is 1110. The summed E-state index contributed by atoms with van der Waals surface area (Å²) in [6, 6.07) is 13.3. The van der Waals surface area contributed by atoms with Crippen molar-refractivity contribution in [2.24, 2.45) is 4.99 Å². The Morgan fingerprint density at radius 1 is 1.03 bits per heavy atom. The van der Waals surface area contributed by atoms with Gasteiger partial charge < -0.3 is 15.6 Å². The van der Waals surface area contributed by atoms with Gasteiger partial charge in [0.25, 0.3) is 0 Å². The molecule has 0 fully saturated rings. The van der Waals surface area contributed by atoms with Crippen LogP contribution >= 0.6 is 24.0 Å². The number of halogens is 1. The number of guanidine groups is 1. The molecule has 0 amide bonds. The number of sulfone groups is 1. The van der Waals surface area contributed by atoms with E-state index >= 15 is 0 Å². The molecule has 0 aliphatic heterocycles. The molecule has 3 rings (SSSR count). The van der Waals surface area contributed by atoms with Gasteiger partial charge in [0.15, 0.2) is 15.8 Å². The number of rotatable bonds is 7. The maximum atomic E-state index is 11.5. The number of H-pyrrole nitrogens is 1. The predicted molar refractivity (Wildman–Crippen MR) is 135 cm³/mol. The standard InChI is InChI=1S/C22H28N4O2S.HI/c1-16-5-4-6-20-21(16)18(15-26-20)12-14-25-22(23-2)24-13-11-17-7-9-19(10-8-17)29(3,27)28;/h4-10,15,26H,11-14H2,1-3H3,(H2,23,24,25);1H. The van der Waals surface area contributed by atoms with E-state index < -0.39 is 9.84 Å². The molecule has 162 valence electrons. The van der Waals surface area contributed by atoms with Crippen molar-refractivity contribution in [3.8, 4) is 0 Å². The number of aryl methyl sites for hydroxylation is 1. The van der Waals surface area contributed by atoms with Gasteiger partial charge in [-0.1, -0.05) is 24.3 Å². The molecule has 0 unspecified atom stereocenters. The quantitative estimate of drug-likeness (QED) is 0.244. The second kappa shape index (κ2) is 10.8. The molecule has 8 heteroatoms. The molecule has 0 bridgehead atoms. The number of benzene rings is 2. The van der Waals surface area contributed by atoms with E-state index in [1.165, 1.54) is 28.3 Å². The highest BCUT2D eigenvalue weighted by Gasteiger charge is 2.07. The van der Waals surface area contributed by atoms with E-state index in [1.54, 1.807) is 19.2 Å². The van der Waals surface area contributed by atoms with Crippen molar-refractivity contribution in [1.29, 1.82) is 0 Å². The SMILES string of the molecule is CN=C(NCCc1ccc(S(C)(=O)=O)cc1)NCCc1c[nH]c2cccc(C)c12.I. The third-order valence-corrected chi connectivity index (χ3v) is 6.09. The first-order valence-corrected chi connectivity index (χ1v) is 11.6. The molecule has 1 aromatic heterocycles. The second-order valence-electron chi connectivity index (χ2n) is 7.15. The monoisotopic (exact) mass is 540 g/mol. The van der Waals surface area contributed by atoms with Crippen LogP contribution in [0.25, 0.3) is 10.9 Å². The number of hydrogen-bond acceptors (Lipinski definition) is 3. The van der Waals surface area contributed by atoms with Gasteiger partial charge in [0, 0.05) is 43.5 Å². The summed E-state index contributed by atoms with van der Waals surface area (Å²) < 4.78 is 23.0. The Morgan fingerprint density at radius 3 is 2.33 bits per heavy atom. The molecule has 3 aromatic rings. The Kier molecular flexibility index (Phi) is 8.72. The zero-order valence-electron chi connectivity index (χ0n) is 17.5. The van der Waals surface area contributed by atoms with Gasteiger partial charge in [0.2, 0.25) is 0 Å². The summed E-state index contributed by atoms with van der Waals surface area (Å²) in [6.07, 6.45) is 4.98. The van der Waals surface area contributed by atoms with E-state index in [0.717, 1.165) is 30.9 Å². The highest BCUT2D eigenvalue weighted by atomic mass is 127. The van der Waals surface area contributed by atoms with Gasteiger partial charge in [-0.15, -0.1) is 24.0 Å². The number of aromatic nitrogens is 1. The minimum atomic E-state index is -3.15. The van der Waals surface area contributed by atoms with Crippen molar-refractivity contribution in [2.75, 3.05) is 26.4 Å². The van der Waals surface area contributed by atoms with Crippen LogP contribution in [0.2, 0.25) is 0 Å². The zero-order valence-corrected chi connectivity index (χ0v) is 20.7. The van der Waals surface area contributed by atoms with Crippen molar-refractivity contribution in [3.63, 3.8) is 0 Å². The van der Waals surface area contributed by atoms with Crippen LogP contribution < -0.4 is 10.6 Å². The Balaban J connectivity index is 0.00000320. The number of aromatic amines is 1. The fourth-order valence-corrected chi connectivity index (χ4v) is 4.04. The van der Waals surface area contributed by atoms with Crippen LogP contribution in [-0.2, 0) is 22.7 Å². The van der Waals surface area contributed by atoms with Crippen molar-refractivity contribution in [2.45, 2.75) is 24.7 Å². The third kappa shape index (κ3) is 6.21. The minimum Gasteiger partial charge on any atom is -0.361 e. The van der Waals surface area contributed by atoms with Crippen LogP contribution in [0, 0.1) is 6.92 Å². The molecule has 6 nitrogen and oxygen atoms in total. The summed E-state index contributed by atoms with van der Waals surface area (Å²) in [7, 11) is -1.39. The summed E-state index contributed by atoms with van der Waals surface area (Å²) in [5.41, 5.74) is 4.83. The van der Waals surface area contributed by atoms with E-state index in [-0.39, 0.29) is 24.0 Å². The normalized spacial score (nSPS) is 11.9. The first kappa shape index (κ1) is 24.2. The first-order valence-electron chi connectivity index (χ1n) is 9.67. The molecular formula is C22H29IN4O2S. The van der Waals surface area contributed by atoms with Gasteiger partial charge in [0.05, 0.1) is 4.90 Å². The van der Waals surface area contributed by atoms with Gasteiger partial charge in [-0.25, -0.2) is 8.42 Å². The predicted octanol–water partition coefficient (Wildman–Crippen LogP) is 3.45. The molecule has 2 aromatic carbocycles. The molecule has 0 atom stereocenters. The fourth-order valence-electron chi connectivity index (χ4n) is 3.41. The van der Waals surface area contributed by atoms with Crippen LogP contribution in [0.15, 0.2) is 58.5 Å². The summed E-state index contributed by atoms with van der Waals surface area (Å²) >= 11 is 0. The largest absolute Gasteiger partial charge is 0.361 e. The van der Waals surface area contributed by atoms with E-state index in [9.17, 15) is 8.42 Å². The van der Waals surface area contributed by atoms with Gasteiger partial charge in [-0.3, -0.25) is 4.99 Å². The topological polar surface area (TPSA) is 86.3 Å². The van der Waals surface area contributed by atoms with Gasteiger partial charge in [0.1, 0.15) is 0 Å². The van der Waals surface area contributed by atoms with Crippen molar-refractivity contribution in [1.82, 2.24) is 15.6 Å². The van der Waals surface area contributed by atoms with E-state index in [0.29, 0.717) is 11.4 Å². The van der Waals surface area contributed by atoms with Crippen LogP contribution in [0.3, 0.4) is 0 Å². The highest BCUT2D eigenvalue weighted by Crippen LogP contribution is 2.22. The molecule has 1 heterocycles. The fraction of sp³-hybridized carbons (Fsp3) is 0.318. The summed E-state index contributed by atoms with van der Waals surface area (Å²) in [5, 5.41) is 7.96. The maximum Gasteiger partial charge on any atom is 0.190 e. The van der Waals surface area contributed by atoms with Crippen LogP contribution in [0.4, 0.5) is 0 Å². The molecule has 0 saturated carbocycles. The lowest BCUT2D eigenvalue weighted by atomic mass is 10.1. The second-order valence-corrected chi connectivity index (χ2v) is 9.17. The first-order chi connectivity index (χ1) is 13.9. The minimum absolute atomic E-state index is 0. The van der Waals surface area contributed by atoms with E-state index in [4.69, 9.17) is 0 Å². The number of nitrogens with zero attached hydrogens (tertiary/aromatic N) is 1. The summed E-state index contributed by atoms with van der Waals surface area (Å²) in [6.45, 7) is 3.63. The lowest BCUT2D eigenvalue weighted by molar-refractivity contribution is 0.602. The molecule has 0 spiro atoms. The molecule has 0 saturated heterocycles. The number of nitrogens with one attached hydrogen (secondary N) is 3. The Labute approximate surface area is 195 Å². The van der Waals surface area contributed by atoms with Crippen LogP contribution in [0.5, 0.6) is 0 Å². The molecule has 30 heavy (non-hydrogen) atoms. The smallest absolute Gasteiger partial charge is 0.190 e. The lowest BCUT2D eigenvalue weighted by Crippen LogP contribution is -2.39. The lowest BCUT2D eigenvalue weighted by Gasteiger charge is -2.12. The van der Waals surface area contributed by atoms with Crippen molar-refractivity contribution in [3.05, 3.63) is 65.4 Å². The van der Waals surface area contributed by atoms with Crippen LogP contribution in [0.1, 0.15) is 16.7 Å². The van der Waals surface area contributed by atoms with E-state index in [2.05, 4.69) is 51.9 Å². The molecule has 0 aliphatic rings. The molecule has 3 N–H and O–H groups in total. The van der Waals surface area contributed by atoms with Crippen molar-refractivity contribution < 1.29 is 8.42 Å². The molecule has 0 radical (unpaired) electrons. The maximum absolute atomic E-state index is 11.5. The van der Waals surface area contributed by atoms with Crippen LogP contribution in [-0.4, -0.2) is 45.8 Å². The van der Waals surface area contributed by atoms with Crippen molar-refractivity contribution >= 4 is 50.7 Å². The number of aliphatic imine (C=N–C) groups is 1. The number of hydrogen-bond donors (Lipinski definition) is 3. The average molecular weight is 540 g/mol. The highest BCUT2D eigenvalue weighted by molar-refractivity contribution is 14.0. The van der Waals surface area contributed by atoms with Gasteiger partial charge in [-0.2, -0.15) is 0 Å². The van der Waals surface area contributed by atoms with Gasteiger partial charge >= 0.3 is 0 Å². The summed E-state index contributed by atoms with van der Waals surface area (Å²) in [4.78, 5) is 7.95. The third-order valence-electron chi connectivity index (χ3n) is 4.96. The molecule has 0 aliphatic carbocycles. The zero-order chi connectivity index (χ0) is 20.9. The number of fused-ring (bicyclic) bond motifs is 1.